The van der Waals surface area contributed by atoms with Gasteiger partial charge in [-0.15, -0.1) is 11.3 Å². The van der Waals surface area contributed by atoms with Crippen molar-refractivity contribution in [3.05, 3.63) is 15.6 Å². The highest BCUT2D eigenvalue weighted by atomic mass is 32.1. The van der Waals surface area contributed by atoms with Crippen molar-refractivity contribution >= 4 is 11.3 Å². The van der Waals surface area contributed by atoms with Crippen LogP contribution < -0.4 is 5.32 Å². The van der Waals surface area contributed by atoms with Gasteiger partial charge in [-0.25, -0.2) is 4.98 Å². The first-order valence-corrected chi connectivity index (χ1v) is 9.33. The fraction of sp³-hybridized carbons (Fsp3) is 0.824. The molecule has 1 fully saturated rings. The highest BCUT2D eigenvalue weighted by Crippen LogP contribution is 2.24. The number of rotatable bonds is 7. The second-order valence-electron chi connectivity index (χ2n) is 6.72. The van der Waals surface area contributed by atoms with Gasteiger partial charge in [0.15, 0.2) is 0 Å². The van der Waals surface area contributed by atoms with Gasteiger partial charge in [0.2, 0.25) is 0 Å². The Morgan fingerprint density at radius 3 is 2.67 bits per heavy atom. The van der Waals surface area contributed by atoms with Crippen LogP contribution in [-0.4, -0.2) is 29.0 Å². The number of hydrogen-bond donors (Lipinski definition) is 1. The van der Waals surface area contributed by atoms with Crippen LogP contribution >= 0.6 is 11.3 Å². The maximum Gasteiger partial charge on any atom is 0.107 e. The van der Waals surface area contributed by atoms with Gasteiger partial charge in [0.1, 0.15) is 5.01 Å². The van der Waals surface area contributed by atoms with E-state index in [0.29, 0.717) is 6.04 Å². The van der Waals surface area contributed by atoms with Crippen LogP contribution in [0.3, 0.4) is 0 Å². The van der Waals surface area contributed by atoms with Gasteiger partial charge in [-0.3, -0.25) is 4.90 Å². The fourth-order valence-corrected chi connectivity index (χ4v) is 3.89. The van der Waals surface area contributed by atoms with Crippen molar-refractivity contribution in [2.45, 2.75) is 72.5 Å². The number of nitrogens with zero attached hydrogens (tertiary/aromatic N) is 2. The highest BCUT2D eigenvalue weighted by molar-refractivity contribution is 7.11. The molecule has 0 radical (unpaired) electrons. The Bertz CT molecular complexity index is 420. The van der Waals surface area contributed by atoms with E-state index in [1.165, 1.54) is 47.9 Å². The van der Waals surface area contributed by atoms with Crippen LogP contribution in [0.5, 0.6) is 0 Å². The summed E-state index contributed by atoms with van der Waals surface area (Å²) in [6, 6.07) is 0.536. The first-order chi connectivity index (χ1) is 10.1. The second-order valence-corrected chi connectivity index (χ2v) is 7.89. The molecule has 0 atom stereocenters. The third-order valence-electron chi connectivity index (χ3n) is 4.22. The molecule has 4 heteroatoms. The quantitative estimate of drug-likeness (QED) is 0.830. The van der Waals surface area contributed by atoms with Gasteiger partial charge in [0, 0.05) is 17.5 Å². The van der Waals surface area contributed by atoms with E-state index < -0.39 is 0 Å². The molecule has 1 saturated heterocycles. The maximum absolute atomic E-state index is 4.93. The number of hydrogen-bond acceptors (Lipinski definition) is 4. The zero-order chi connectivity index (χ0) is 15.2. The molecule has 120 valence electrons. The van der Waals surface area contributed by atoms with Gasteiger partial charge < -0.3 is 5.32 Å². The third-order valence-corrected chi connectivity index (χ3v) is 5.30. The third kappa shape index (κ3) is 5.35. The summed E-state index contributed by atoms with van der Waals surface area (Å²) in [7, 11) is 0. The molecule has 0 spiro atoms. The zero-order valence-electron chi connectivity index (χ0n) is 14.1. The predicted octanol–water partition coefficient (Wildman–Crippen LogP) is 3.83. The SMILES string of the molecule is CCCc1nc(CN2CCC(C)CC2)sc1CNC(C)C. The van der Waals surface area contributed by atoms with Crippen molar-refractivity contribution in [3.63, 3.8) is 0 Å². The number of piperidine rings is 1. The highest BCUT2D eigenvalue weighted by Gasteiger charge is 2.18. The van der Waals surface area contributed by atoms with Crippen molar-refractivity contribution in [1.82, 2.24) is 15.2 Å². The minimum Gasteiger partial charge on any atom is -0.310 e. The Kier molecular flexibility index (Phi) is 6.65. The predicted molar refractivity (Wildman–Crippen MR) is 91.8 cm³/mol. The lowest BCUT2D eigenvalue weighted by Gasteiger charge is -2.29. The van der Waals surface area contributed by atoms with E-state index in [2.05, 4.69) is 37.9 Å². The number of aryl methyl sites for hydroxylation is 1. The summed E-state index contributed by atoms with van der Waals surface area (Å²) < 4.78 is 0. The van der Waals surface area contributed by atoms with Crippen LogP contribution in [0, 0.1) is 5.92 Å². The molecule has 0 aliphatic carbocycles. The van der Waals surface area contributed by atoms with Crippen LogP contribution in [0.1, 0.15) is 62.5 Å². The largest absolute Gasteiger partial charge is 0.310 e. The van der Waals surface area contributed by atoms with E-state index in [0.717, 1.165) is 25.4 Å². The topological polar surface area (TPSA) is 28.2 Å². The summed E-state index contributed by atoms with van der Waals surface area (Å²) in [5.74, 6) is 0.902. The molecular weight excluding hydrogens is 278 g/mol. The molecule has 21 heavy (non-hydrogen) atoms. The average molecular weight is 310 g/mol. The van der Waals surface area contributed by atoms with Crippen molar-refractivity contribution in [3.8, 4) is 0 Å². The summed E-state index contributed by atoms with van der Waals surface area (Å²) in [4.78, 5) is 8.96. The van der Waals surface area contributed by atoms with Crippen LogP contribution in [0.4, 0.5) is 0 Å². The molecule has 1 aliphatic rings. The summed E-state index contributed by atoms with van der Waals surface area (Å²) in [5, 5.41) is 4.85. The Labute approximate surface area is 134 Å². The van der Waals surface area contributed by atoms with Crippen molar-refractivity contribution in [2.24, 2.45) is 5.92 Å². The zero-order valence-corrected chi connectivity index (χ0v) is 14.9. The number of aromatic nitrogens is 1. The molecule has 1 aromatic rings. The van der Waals surface area contributed by atoms with E-state index >= 15 is 0 Å². The van der Waals surface area contributed by atoms with Crippen molar-refractivity contribution < 1.29 is 0 Å². The lowest BCUT2D eigenvalue weighted by molar-refractivity contribution is 0.185. The minimum atomic E-state index is 0.536. The summed E-state index contributed by atoms with van der Waals surface area (Å²) in [6.45, 7) is 13.5. The molecule has 0 bridgehead atoms. The van der Waals surface area contributed by atoms with Gasteiger partial charge in [0.05, 0.1) is 12.2 Å². The number of likely N-dealkylation sites (tertiary alicyclic amines) is 1. The second kappa shape index (κ2) is 8.25. The standard InChI is InChI=1S/C17H31N3S/c1-5-6-15-16(11-18-13(2)3)21-17(19-15)12-20-9-7-14(4)8-10-20/h13-14,18H,5-12H2,1-4H3. The Hall–Kier alpha value is -0.450. The number of thiazole rings is 1. The Morgan fingerprint density at radius 1 is 1.33 bits per heavy atom. The van der Waals surface area contributed by atoms with Gasteiger partial charge in [-0.05, 0) is 38.3 Å². The fourth-order valence-electron chi connectivity index (χ4n) is 2.78. The molecule has 0 aromatic carbocycles. The van der Waals surface area contributed by atoms with Gasteiger partial charge in [-0.2, -0.15) is 0 Å². The van der Waals surface area contributed by atoms with Crippen molar-refractivity contribution in [2.75, 3.05) is 13.1 Å². The molecule has 0 unspecified atom stereocenters. The summed E-state index contributed by atoms with van der Waals surface area (Å²) in [5.41, 5.74) is 1.33. The first-order valence-electron chi connectivity index (χ1n) is 8.51. The molecular formula is C17H31N3S. The van der Waals surface area contributed by atoms with Crippen LogP contribution in [-0.2, 0) is 19.5 Å². The Balaban J connectivity index is 1.97. The van der Waals surface area contributed by atoms with Gasteiger partial charge >= 0.3 is 0 Å². The lowest BCUT2D eigenvalue weighted by atomic mass is 9.99. The normalized spacial score (nSPS) is 17.8. The van der Waals surface area contributed by atoms with E-state index in [1.54, 1.807) is 0 Å². The van der Waals surface area contributed by atoms with E-state index in [-0.39, 0.29) is 0 Å². The monoisotopic (exact) mass is 309 g/mol. The molecule has 0 saturated carbocycles. The molecule has 0 amide bonds. The first kappa shape index (κ1) is 16.9. The molecule has 1 N–H and O–H groups in total. The van der Waals surface area contributed by atoms with E-state index in [1.807, 2.05) is 11.3 Å². The summed E-state index contributed by atoms with van der Waals surface area (Å²) in [6.07, 6.45) is 4.98. The lowest BCUT2D eigenvalue weighted by Crippen LogP contribution is -2.32. The molecule has 1 aromatic heterocycles. The molecule has 2 heterocycles. The maximum atomic E-state index is 4.93. The number of nitrogens with one attached hydrogen (secondary N) is 1. The average Bonchev–Trinajstić information content (AvgIpc) is 2.81. The van der Waals surface area contributed by atoms with Crippen LogP contribution in [0.15, 0.2) is 0 Å². The van der Waals surface area contributed by atoms with Crippen LogP contribution in [0.25, 0.3) is 0 Å². The summed E-state index contributed by atoms with van der Waals surface area (Å²) >= 11 is 1.92. The van der Waals surface area contributed by atoms with E-state index in [9.17, 15) is 0 Å². The molecule has 2 rings (SSSR count). The van der Waals surface area contributed by atoms with E-state index in [4.69, 9.17) is 4.98 Å². The smallest absolute Gasteiger partial charge is 0.107 e. The molecule has 3 nitrogen and oxygen atoms in total. The van der Waals surface area contributed by atoms with Crippen molar-refractivity contribution in [1.29, 1.82) is 0 Å². The molecule has 1 aliphatic heterocycles. The Morgan fingerprint density at radius 2 is 2.05 bits per heavy atom. The van der Waals surface area contributed by atoms with Gasteiger partial charge in [-0.1, -0.05) is 34.1 Å². The van der Waals surface area contributed by atoms with Gasteiger partial charge in [0.25, 0.3) is 0 Å². The minimum absolute atomic E-state index is 0.536. The van der Waals surface area contributed by atoms with Crippen LogP contribution in [0.2, 0.25) is 0 Å².